The van der Waals surface area contributed by atoms with Gasteiger partial charge in [-0.1, -0.05) is 28.1 Å². The van der Waals surface area contributed by atoms with E-state index in [0.29, 0.717) is 35.7 Å². The lowest BCUT2D eigenvalue weighted by Crippen LogP contribution is -2.24. The monoisotopic (exact) mass is 363 g/mol. The first-order chi connectivity index (χ1) is 10.6. The normalized spacial score (nSPS) is 12.8. The first kappa shape index (κ1) is 14.7. The zero-order valence-electron chi connectivity index (χ0n) is 11.6. The number of halogens is 1. The third-order valence-electron chi connectivity index (χ3n) is 3.29. The van der Waals surface area contributed by atoms with E-state index in [0.717, 1.165) is 5.56 Å². The lowest BCUT2D eigenvalue weighted by atomic mass is 10.1. The summed E-state index contributed by atoms with van der Waals surface area (Å²) < 4.78 is 11.8. The predicted octanol–water partition coefficient (Wildman–Crippen LogP) is 2.86. The molecule has 6 heteroatoms. The van der Waals surface area contributed by atoms with Gasteiger partial charge in [-0.15, -0.1) is 0 Å². The summed E-state index contributed by atoms with van der Waals surface area (Å²) in [4.78, 5) is 12.2. The number of carbonyl (C=O) groups excluding carboxylic acids is 1. The van der Waals surface area contributed by atoms with Crippen LogP contribution < -0.4 is 14.8 Å². The van der Waals surface area contributed by atoms with Crippen molar-refractivity contribution in [1.82, 2.24) is 5.32 Å². The van der Waals surface area contributed by atoms with Gasteiger partial charge in [-0.25, -0.2) is 0 Å². The Morgan fingerprint density at radius 2 is 2.05 bits per heavy atom. The van der Waals surface area contributed by atoms with Gasteiger partial charge < -0.3 is 19.9 Å². The molecule has 0 unspecified atom stereocenters. The molecular weight excluding hydrogens is 350 g/mol. The topological polar surface area (TPSA) is 67.8 Å². The number of fused-ring (bicyclic) bond motifs is 1. The minimum atomic E-state index is -0.348. The van der Waals surface area contributed by atoms with Crippen molar-refractivity contribution in [2.75, 3.05) is 13.2 Å². The number of nitrogens with one attached hydrogen (secondary N) is 1. The number of carbonyl (C=O) groups is 1. The van der Waals surface area contributed by atoms with Crippen molar-refractivity contribution in [2.45, 2.75) is 6.54 Å². The maximum atomic E-state index is 12.2. The minimum absolute atomic E-state index is 0.0680. The van der Waals surface area contributed by atoms with Gasteiger partial charge in [0.15, 0.2) is 11.5 Å². The van der Waals surface area contributed by atoms with Gasteiger partial charge in [-0.2, -0.15) is 0 Å². The quantitative estimate of drug-likeness (QED) is 0.879. The van der Waals surface area contributed by atoms with Crippen LogP contribution in [0.1, 0.15) is 15.9 Å². The second-order valence-corrected chi connectivity index (χ2v) is 5.70. The van der Waals surface area contributed by atoms with Gasteiger partial charge in [-0.3, -0.25) is 4.79 Å². The number of hydrogen-bond acceptors (Lipinski definition) is 4. The van der Waals surface area contributed by atoms with Crippen molar-refractivity contribution in [2.24, 2.45) is 0 Å². The molecule has 0 aromatic heterocycles. The van der Waals surface area contributed by atoms with Gasteiger partial charge >= 0.3 is 0 Å². The van der Waals surface area contributed by atoms with Crippen LogP contribution in [-0.4, -0.2) is 24.2 Å². The lowest BCUT2D eigenvalue weighted by Gasteiger charge is -2.21. The molecule has 2 aromatic rings. The number of aromatic hydroxyl groups is 1. The fourth-order valence-corrected chi connectivity index (χ4v) is 2.59. The molecule has 0 saturated carbocycles. The van der Waals surface area contributed by atoms with Crippen molar-refractivity contribution in [3.05, 3.63) is 52.0 Å². The molecule has 2 aromatic carbocycles. The Bertz CT molecular complexity index is 717. The molecule has 1 heterocycles. The van der Waals surface area contributed by atoms with Crippen LogP contribution in [0, 0.1) is 0 Å². The molecule has 1 amide bonds. The smallest absolute Gasteiger partial charge is 0.255 e. The maximum absolute atomic E-state index is 12.2. The van der Waals surface area contributed by atoms with E-state index in [1.54, 1.807) is 12.1 Å². The molecular formula is C16H14BrNO4. The summed E-state index contributed by atoms with van der Waals surface area (Å²) in [6.45, 7) is 1.31. The van der Waals surface area contributed by atoms with Gasteiger partial charge in [0.25, 0.3) is 5.91 Å². The summed E-state index contributed by atoms with van der Waals surface area (Å²) in [5.41, 5.74) is 1.06. The maximum Gasteiger partial charge on any atom is 0.255 e. The Morgan fingerprint density at radius 3 is 2.86 bits per heavy atom. The van der Waals surface area contributed by atoms with Crippen molar-refractivity contribution in [3.8, 4) is 17.2 Å². The minimum Gasteiger partial charge on any atom is -0.507 e. The van der Waals surface area contributed by atoms with Crippen molar-refractivity contribution in [3.63, 3.8) is 0 Å². The Labute approximate surface area is 136 Å². The number of rotatable bonds is 3. The van der Waals surface area contributed by atoms with E-state index < -0.39 is 0 Å². The van der Waals surface area contributed by atoms with E-state index in [1.807, 2.05) is 18.2 Å². The predicted molar refractivity (Wildman–Crippen MR) is 84.4 cm³/mol. The van der Waals surface area contributed by atoms with Gasteiger partial charge in [0, 0.05) is 16.6 Å². The second kappa shape index (κ2) is 6.27. The van der Waals surface area contributed by atoms with Crippen LogP contribution in [0.2, 0.25) is 0 Å². The number of para-hydroxylation sites is 1. The van der Waals surface area contributed by atoms with E-state index in [2.05, 4.69) is 21.2 Å². The zero-order chi connectivity index (χ0) is 15.5. The highest BCUT2D eigenvalue weighted by molar-refractivity contribution is 9.10. The first-order valence-corrected chi connectivity index (χ1v) is 7.58. The Kier molecular flexibility index (Phi) is 4.20. The Hall–Kier alpha value is -2.21. The van der Waals surface area contributed by atoms with Gasteiger partial charge in [-0.05, 0) is 24.3 Å². The fraction of sp³-hybridized carbons (Fsp3) is 0.188. The van der Waals surface area contributed by atoms with Crippen LogP contribution in [-0.2, 0) is 6.54 Å². The van der Waals surface area contributed by atoms with Gasteiger partial charge in [0.2, 0.25) is 0 Å². The molecule has 0 aliphatic carbocycles. The van der Waals surface area contributed by atoms with Crippen molar-refractivity contribution in [1.29, 1.82) is 0 Å². The molecule has 0 saturated heterocycles. The number of amides is 1. The SMILES string of the molecule is O=C(NCc1cccc2c1OCCO2)c1ccc(Br)cc1O. The molecule has 1 aliphatic heterocycles. The average Bonchev–Trinajstić information content (AvgIpc) is 2.52. The summed E-state index contributed by atoms with van der Waals surface area (Å²) in [5.74, 6) is 0.930. The van der Waals surface area contributed by atoms with Gasteiger partial charge in [0.1, 0.15) is 19.0 Å². The summed E-state index contributed by atoms with van der Waals surface area (Å²) in [5, 5.41) is 12.6. The highest BCUT2D eigenvalue weighted by atomic mass is 79.9. The molecule has 1 aliphatic rings. The number of benzene rings is 2. The van der Waals surface area contributed by atoms with E-state index in [9.17, 15) is 9.90 Å². The van der Waals surface area contributed by atoms with Crippen LogP contribution in [0.15, 0.2) is 40.9 Å². The lowest BCUT2D eigenvalue weighted by molar-refractivity contribution is 0.0947. The molecule has 5 nitrogen and oxygen atoms in total. The fourth-order valence-electron chi connectivity index (χ4n) is 2.24. The molecule has 0 spiro atoms. The van der Waals surface area contributed by atoms with Crippen LogP contribution in [0.4, 0.5) is 0 Å². The molecule has 0 radical (unpaired) electrons. The largest absolute Gasteiger partial charge is 0.507 e. The molecule has 114 valence electrons. The average molecular weight is 364 g/mol. The number of ether oxygens (including phenoxy) is 2. The van der Waals surface area contributed by atoms with E-state index in [1.165, 1.54) is 6.07 Å². The summed E-state index contributed by atoms with van der Waals surface area (Å²) >= 11 is 3.24. The molecule has 0 bridgehead atoms. The van der Waals surface area contributed by atoms with Crippen LogP contribution in [0.3, 0.4) is 0 Å². The third-order valence-corrected chi connectivity index (χ3v) is 3.78. The van der Waals surface area contributed by atoms with E-state index in [-0.39, 0.29) is 17.2 Å². The van der Waals surface area contributed by atoms with Gasteiger partial charge in [0.05, 0.1) is 5.56 Å². The number of phenols is 1. The molecule has 0 fully saturated rings. The Morgan fingerprint density at radius 1 is 1.23 bits per heavy atom. The van der Waals surface area contributed by atoms with E-state index >= 15 is 0 Å². The number of hydrogen-bond donors (Lipinski definition) is 2. The highest BCUT2D eigenvalue weighted by Gasteiger charge is 2.17. The summed E-state index contributed by atoms with van der Waals surface area (Å²) in [7, 11) is 0. The molecule has 0 atom stereocenters. The Balaban J connectivity index is 1.74. The summed E-state index contributed by atoms with van der Waals surface area (Å²) in [6.07, 6.45) is 0. The van der Waals surface area contributed by atoms with Crippen molar-refractivity contribution < 1.29 is 19.4 Å². The van der Waals surface area contributed by atoms with Crippen LogP contribution in [0.5, 0.6) is 17.2 Å². The summed E-state index contributed by atoms with van der Waals surface area (Å²) in [6, 6.07) is 10.3. The highest BCUT2D eigenvalue weighted by Crippen LogP contribution is 2.33. The van der Waals surface area contributed by atoms with E-state index in [4.69, 9.17) is 9.47 Å². The van der Waals surface area contributed by atoms with Crippen LogP contribution in [0.25, 0.3) is 0 Å². The molecule has 2 N–H and O–H groups in total. The third kappa shape index (κ3) is 3.01. The molecule has 22 heavy (non-hydrogen) atoms. The molecule has 3 rings (SSSR count). The second-order valence-electron chi connectivity index (χ2n) is 4.79. The number of phenolic OH excluding ortho intramolecular Hbond substituents is 1. The van der Waals surface area contributed by atoms with Crippen LogP contribution >= 0.6 is 15.9 Å². The zero-order valence-corrected chi connectivity index (χ0v) is 13.2. The van der Waals surface area contributed by atoms with Crippen molar-refractivity contribution >= 4 is 21.8 Å². The first-order valence-electron chi connectivity index (χ1n) is 6.79. The standard InChI is InChI=1S/C16H14BrNO4/c17-11-4-5-12(13(19)8-11)16(20)18-9-10-2-1-3-14-15(10)22-7-6-21-14/h1-5,8,19H,6-7,9H2,(H,18,20).